The van der Waals surface area contributed by atoms with Crippen LogP contribution in [-0.4, -0.2) is 38.0 Å². The molecule has 0 bridgehead atoms. The molecule has 5 nitrogen and oxygen atoms in total. The van der Waals surface area contributed by atoms with Crippen LogP contribution in [0.15, 0.2) is 5.29 Å². The van der Waals surface area contributed by atoms with Crippen LogP contribution in [0.25, 0.3) is 0 Å². The van der Waals surface area contributed by atoms with Crippen LogP contribution in [0.4, 0.5) is 0 Å². The fraction of sp³-hybridized carbons (Fsp3) is 1.00. The van der Waals surface area contributed by atoms with Crippen LogP contribution >= 0.6 is 0 Å². The van der Waals surface area contributed by atoms with Gasteiger partial charge in [0.05, 0.1) is 22.8 Å². The molecule has 1 atom stereocenters. The van der Waals surface area contributed by atoms with Crippen molar-refractivity contribution in [2.24, 2.45) is 5.29 Å². The quantitative estimate of drug-likeness (QED) is 0.433. The van der Waals surface area contributed by atoms with E-state index in [9.17, 15) is 13.3 Å². The number of hydrogen-bond acceptors (Lipinski definition) is 4. The van der Waals surface area contributed by atoms with E-state index in [4.69, 9.17) is 0 Å². The predicted molar refractivity (Wildman–Crippen MR) is 40.6 cm³/mol. The fourth-order valence-electron chi connectivity index (χ4n) is 1.14. The summed E-state index contributed by atoms with van der Waals surface area (Å²) in [6, 6.07) is -0.211. The van der Waals surface area contributed by atoms with Crippen molar-refractivity contribution in [2.75, 3.05) is 18.6 Å². The average molecular weight is 178 g/mol. The second-order valence-corrected chi connectivity index (χ2v) is 4.94. The second kappa shape index (κ2) is 2.77. The molecule has 0 aliphatic carbocycles. The number of hydrogen-bond donors (Lipinski definition) is 0. The van der Waals surface area contributed by atoms with Crippen LogP contribution in [0.3, 0.4) is 0 Å². The van der Waals surface area contributed by atoms with Gasteiger partial charge in [0.25, 0.3) is 0 Å². The molecule has 0 aromatic carbocycles. The van der Waals surface area contributed by atoms with Crippen molar-refractivity contribution in [1.82, 2.24) is 5.01 Å². The van der Waals surface area contributed by atoms with E-state index < -0.39 is 9.84 Å². The topological polar surface area (TPSA) is 66.8 Å². The van der Waals surface area contributed by atoms with Crippen LogP contribution in [0.2, 0.25) is 0 Å². The monoisotopic (exact) mass is 178 g/mol. The van der Waals surface area contributed by atoms with Gasteiger partial charge in [0.15, 0.2) is 9.84 Å². The van der Waals surface area contributed by atoms with Gasteiger partial charge < -0.3 is 0 Å². The minimum atomic E-state index is -2.89. The lowest BCUT2D eigenvalue weighted by atomic mass is 10.3. The van der Waals surface area contributed by atoms with Gasteiger partial charge >= 0.3 is 0 Å². The highest BCUT2D eigenvalue weighted by Crippen LogP contribution is 2.15. The van der Waals surface area contributed by atoms with Gasteiger partial charge in [-0.2, -0.15) is 0 Å². The van der Waals surface area contributed by atoms with Crippen molar-refractivity contribution in [3.63, 3.8) is 0 Å². The molecule has 0 amide bonds. The second-order valence-electron chi connectivity index (χ2n) is 2.71. The molecule has 6 heteroatoms. The predicted octanol–water partition coefficient (Wildman–Crippen LogP) is -0.213. The highest BCUT2D eigenvalue weighted by atomic mass is 32.2. The van der Waals surface area contributed by atoms with Gasteiger partial charge in [-0.25, -0.2) is 8.42 Å². The summed E-state index contributed by atoms with van der Waals surface area (Å²) in [6.45, 7) is 0. The molecule has 0 saturated carbocycles. The maximum Gasteiger partial charge on any atom is 0.152 e. The van der Waals surface area contributed by atoms with E-state index in [0.717, 1.165) is 0 Å². The van der Waals surface area contributed by atoms with E-state index in [1.807, 2.05) is 0 Å². The number of sulfone groups is 1. The maximum atomic E-state index is 10.9. The third-order valence-corrected chi connectivity index (χ3v) is 3.62. The molecule has 1 aliphatic rings. The number of nitrogens with zero attached hydrogens (tertiary/aromatic N) is 2. The molecule has 0 radical (unpaired) electrons. The summed E-state index contributed by atoms with van der Waals surface area (Å²) in [5, 5.41) is 3.83. The van der Waals surface area contributed by atoms with E-state index in [0.29, 0.717) is 6.42 Å². The van der Waals surface area contributed by atoms with E-state index in [1.165, 1.54) is 12.1 Å². The normalized spacial score (nSPS) is 28.3. The van der Waals surface area contributed by atoms with Crippen LogP contribution in [0.1, 0.15) is 6.42 Å². The molecular weight excluding hydrogens is 168 g/mol. The Labute approximate surface area is 65.2 Å². The van der Waals surface area contributed by atoms with Gasteiger partial charge in [-0.05, 0) is 6.42 Å². The SMILES string of the molecule is CN(N=O)[C@@H]1CCS(=O)(=O)C1. The summed E-state index contributed by atoms with van der Waals surface area (Å²) >= 11 is 0. The molecule has 0 aromatic heterocycles. The van der Waals surface area contributed by atoms with E-state index in [1.54, 1.807) is 0 Å². The van der Waals surface area contributed by atoms with Crippen molar-refractivity contribution < 1.29 is 8.42 Å². The minimum absolute atomic E-state index is 0.0647. The lowest BCUT2D eigenvalue weighted by molar-refractivity contribution is 0.271. The highest BCUT2D eigenvalue weighted by Gasteiger charge is 2.30. The van der Waals surface area contributed by atoms with Gasteiger partial charge in [0, 0.05) is 7.05 Å². The molecule has 1 fully saturated rings. The molecule has 1 heterocycles. The number of nitroso groups, excluding NO2 is 1. The van der Waals surface area contributed by atoms with Crippen LogP contribution < -0.4 is 0 Å². The Bertz CT molecular complexity index is 248. The largest absolute Gasteiger partial charge is 0.260 e. The van der Waals surface area contributed by atoms with Crippen LogP contribution in [-0.2, 0) is 9.84 Å². The Morgan fingerprint density at radius 3 is 2.55 bits per heavy atom. The molecule has 0 unspecified atom stereocenters. The molecule has 0 aromatic rings. The Hall–Kier alpha value is -0.650. The summed E-state index contributed by atoms with van der Waals surface area (Å²) in [6.07, 6.45) is 0.518. The Balaban J connectivity index is 2.61. The first-order valence-electron chi connectivity index (χ1n) is 3.32. The average Bonchev–Trinajstić information content (AvgIpc) is 2.29. The fourth-order valence-corrected chi connectivity index (χ4v) is 2.90. The lowest BCUT2D eigenvalue weighted by Crippen LogP contribution is -2.27. The number of rotatable bonds is 2. The van der Waals surface area contributed by atoms with Gasteiger partial charge in [-0.3, -0.25) is 5.01 Å². The Kier molecular flexibility index (Phi) is 2.12. The summed E-state index contributed by atoms with van der Waals surface area (Å²) in [5.74, 6) is 0.243. The molecule has 11 heavy (non-hydrogen) atoms. The Morgan fingerprint density at radius 1 is 1.55 bits per heavy atom. The molecule has 1 aliphatic heterocycles. The third kappa shape index (κ3) is 1.89. The smallest absolute Gasteiger partial charge is 0.152 e. The lowest BCUT2D eigenvalue weighted by Gasteiger charge is -2.14. The summed E-state index contributed by atoms with van der Waals surface area (Å²) in [7, 11) is -1.39. The van der Waals surface area contributed by atoms with E-state index in [-0.39, 0.29) is 17.5 Å². The highest BCUT2D eigenvalue weighted by molar-refractivity contribution is 7.91. The zero-order valence-electron chi connectivity index (χ0n) is 6.23. The molecular formula is C5H10N2O3S. The van der Waals surface area contributed by atoms with Gasteiger partial charge in [-0.15, -0.1) is 4.91 Å². The van der Waals surface area contributed by atoms with Gasteiger partial charge in [0.1, 0.15) is 0 Å². The molecule has 1 saturated heterocycles. The van der Waals surface area contributed by atoms with Crippen LogP contribution in [0, 0.1) is 4.91 Å². The van der Waals surface area contributed by atoms with E-state index >= 15 is 0 Å². The summed E-state index contributed by atoms with van der Waals surface area (Å²) < 4.78 is 21.8. The van der Waals surface area contributed by atoms with Gasteiger partial charge in [-0.1, -0.05) is 0 Å². The zero-order chi connectivity index (χ0) is 8.48. The van der Waals surface area contributed by atoms with Crippen LogP contribution in [0.5, 0.6) is 0 Å². The third-order valence-electron chi connectivity index (χ3n) is 1.87. The first kappa shape index (κ1) is 8.45. The van der Waals surface area contributed by atoms with Crippen molar-refractivity contribution in [1.29, 1.82) is 0 Å². The first-order valence-corrected chi connectivity index (χ1v) is 5.14. The zero-order valence-corrected chi connectivity index (χ0v) is 7.04. The maximum absolute atomic E-state index is 10.9. The minimum Gasteiger partial charge on any atom is -0.260 e. The van der Waals surface area contributed by atoms with E-state index in [2.05, 4.69) is 5.29 Å². The Morgan fingerprint density at radius 2 is 2.18 bits per heavy atom. The summed E-state index contributed by atoms with van der Waals surface area (Å²) in [4.78, 5) is 9.98. The van der Waals surface area contributed by atoms with Gasteiger partial charge in [0.2, 0.25) is 0 Å². The molecule has 0 N–H and O–H groups in total. The van der Waals surface area contributed by atoms with Crippen molar-refractivity contribution >= 4 is 9.84 Å². The molecule has 64 valence electrons. The van der Waals surface area contributed by atoms with Crippen molar-refractivity contribution in [3.8, 4) is 0 Å². The summed E-state index contributed by atoms with van der Waals surface area (Å²) in [5.41, 5.74) is 0. The molecule has 0 spiro atoms. The van der Waals surface area contributed by atoms with Crippen molar-refractivity contribution in [3.05, 3.63) is 4.91 Å². The standard InChI is InChI=1S/C5H10N2O3S/c1-7(6-8)5-2-3-11(9,10)4-5/h5H,2-4H2,1H3/t5-/m1/s1. The molecule has 1 rings (SSSR count). The first-order chi connectivity index (χ1) is 5.05. The van der Waals surface area contributed by atoms with Crippen molar-refractivity contribution in [2.45, 2.75) is 12.5 Å².